The highest BCUT2D eigenvalue weighted by molar-refractivity contribution is 6.01. The van der Waals surface area contributed by atoms with Crippen LogP contribution in [0.1, 0.15) is 26.3 Å². The summed E-state index contributed by atoms with van der Waals surface area (Å²) < 4.78 is 15.3. The molecule has 0 saturated carbocycles. The topological polar surface area (TPSA) is 82.1 Å². The van der Waals surface area contributed by atoms with Crippen LogP contribution in [0.15, 0.2) is 72.8 Å². The van der Waals surface area contributed by atoms with Crippen molar-refractivity contribution in [2.45, 2.75) is 6.54 Å². The minimum atomic E-state index is -0.620. The van der Waals surface area contributed by atoms with Crippen molar-refractivity contribution in [1.82, 2.24) is 0 Å². The normalized spacial score (nSPS) is 10.1. The first-order chi connectivity index (χ1) is 15.0. The van der Waals surface area contributed by atoms with Crippen LogP contribution in [0.5, 0.6) is 11.5 Å². The van der Waals surface area contributed by atoms with E-state index in [1.807, 2.05) is 42.5 Å². The summed E-state index contributed by atoms with van der Waals surface area (Å²) in [6.45, 7) is 0.170. The molecular formula is C24H21NO6. The summed E-state index contributed by atoms with van der Waals surface area (Å²) in [5.74, 6) is 0.165. The number of carbonyl (C=O) groups excluding carboxylic acids is 3. The highest BCUT2D eigenvalue weighted by Crippen LogP contribution is 2.26. The van der Waals surface area contributed by atoms with Gasteiger partial charge in [-0.2, -0.15) is 0 Å². The lowest BCUT2D eigenvalue weighted by Crippen LogP contribution is -2.23. The van der Waals surface area contributed by atoms with Crippen molar-refractivity contribution in [3.05, 3.63) is 89.5 Å². The van der Waals surface area contributed by atoms with Crippen LogP contribution in [0.4, 0.5) is 5.69 Å². The van der Waals surface area contributed by atoms with E-state index in [1.54, 1.807) is 12.1 Å². The zero-order valence-corrected chi connectivity index (χ0v) is 17.1. The van der Waals surface area contributed by atoms with E-state index < -0.39 is 11.9 Å². The third-order valence-electron chi connectivity index (χ3n) is 4.52. The van der Waals surface area contributed by atoms with Crippen LogP contribution in [0.25, 0.3) is 0 Å². The number of ether oxygens (including phenoxy) is 3. The number of hydrogen-bond donors (Lipinski definition) is 0. The molecule has 0 atom stereocenters. The van der Waals surface area contributed by atoms with Gasteiger partial charge in [0.25, 0.3) is 0 Å². The molecule has 0 aliphatic rings. The number of esters is 2. The molecule has 0 aliphatic heterocycles. The number of amides is 1. The molecule has 31 heavy (non-hydrogen) atoms. The zero-order chi connectivity index (χ0) is 22.2. The van der Waals surface area contributed by atoms with Crippen molar-refractivity contribution in [2.24, 2.45) is 0 Å². The molecule has 0 aliphatic carbocycles. The standard InChI is InChI=1S/C24H21NO6/c1-29-23(27)18-10-13-21(24(28)30-2)22(14-18)25(16-26)15-17-8-11-20(12-9-17)31-19-6-4-3-5-7-19/h3-14,16H,15H2,1-2H3. The van der Waals surface area contributed by atoms with Crippen molar-refractivity contribution < 1.29 is 28.6 Å². The molecule has 0 radical (unpaired) electrons. The Labute approximate surface area is 179 Å². The number of carbonyl (C=O) groups is 3. The molecule has 0 aromatic heterocycles. The molecule has 1 amide bonds. The molecule has 0 N–H and O–H groups in total. The van der Waals surface area contributed by atoms with Crippen molar-refractivity contribution in [1.29, 1.82) is 0 Å². The molecule has 158 valence electrons. The van der Waals surface area contributed by atoms with E-state index in [2.05, 4.69) is 0 Å². The number of methoxy groups -OCH3 is 2. The quantitative estimate of drug-likeness (QED) is 0.402. The molecule has 0 bridgehead atoms. The summed E-state index contributed by atoms with van der Waals surface area (Å²) in [6.07, 6.45) is 0.594. The second kappa shape index (κ2) is 10.1. The van der Waals surface area contributed by atoms with Crippen molar-refractivity contribution >= 4 is 24.0 Å². The lowest BCUT2D eigenvalue weighted by atomic mass is 10.1. The maximum atomic E-state index is 12.2. The number of nitrogens with zero attached hydrogens (tertiary/aromatic N) is 1. The fourth-order valence-corrected chi connectivity index (χ4v) is 2.96. The van der Waals surface area contributed by atoms with Gasteiger partial charge in [0.15, 0.2) is 0 Å². The second-order valence-corrected chi connectivity index (χ2v) is 6.51. The largest absolute Gasteiger partial charge is 0.465 e. The minimum Gasteiger partial charge on any atom is -0.465 e. The second-order valence-electron chi connectivity index (χ2n) is 6.51. The van der Waals surface area contributed by atoms with Gasteiger partial charge in [0.1, 0.15) is 11.5 Å². The van der Waals surface area contributed by atoms with Crippen LogP contribution in [-0.4, -0.2) is 32.6 Å². The van der Waals surface area contributed by atoms with E-state index in [0.29, 0.717) is 17.9 Å². The maximum Gasteiger partial charge on any atom is 0.339 e. The Morgan fingerprint density at radius 1 is 0.839 bits per heavy atom. The zero-order valence-electron chi connectivity index (χ0n) is 17.1. The minimum absolute atomic E-state index is 0.159. The third-order valence-corrected chi connectivity index (χ3v) is 4.52. The number of rotatable bonds is 8. The summed E-state index contributed by atoms with van der Waals surface area (Å²) in [6, 6.07) is 20.9. The Kier molecular flexibility index (Phi) is 7.01. The monoisotopic (exact) mass is 419 g/mol. The maximum absolute atomic E-state index is 12.2. The molecule has 3 aromatic rings. The fraction of sp³-hybridized carbons (Fsp3) is 0.125. The molecule has 0 spiro atoms. The lowest BCUT2D eigenvalue weighted by Gasteiger charge is -2.21. The van der Waals surface area contributed by atoms with E-state index >= 15 is 0 Å². The van der Waals surface area contributed by atoms with Crippen molar-refractivity contribution in [3.8, 4) is 11.5 Å². The molecule has 3 rings (SSSR count). The van der Waals surface area contributed by atoms with Gasteiger partial charge in [0, 0.05) is 0 Å². The average Bonchev–Trinajstić information content (AvgIpc) is 2.82. The SMILES string of the molecule is COC(=O)c1ccc(C(=O)OC)c(N(C=O)Cc2ccc(Oc3ccccc3)cc2)c1. The van der Waals surface area contributed by atoms with E-state index in [1.165, 1.54) is 37.3 Å². The number of para-hydroxylation sites is 1. The number of benzene rings is 3. The van der Waals surface area contributed by atoms with Crippen LogP contribution in [0.2, 0.25) is 0 Å². The first kappa shape index (κ1) is 21.6. The summed E-state index contributed by atoms with van der Waals surface area (Å²) in [5.41, 5.74) is 1.41. The van der Waals surface area contributed by atoms with E-state index in [9.17, 15) is 14.4 Å². The Morgan fingerprint density at radius 2 is 1.48 bits per heavy atom. The van der Waals surface area contributed by atoms with Crippen LogP contribution in [0, 0.1) is 0 Å². The molecule has 0 fully saturated rings. The summed E-state index contributed by atoms with van der Waals surface area (Å²) in [5, 5.41) is 0. The van der Waals surface area contributed by atoms with Gasteiger partial charge in [-0.3, -0.25) is 4.79 Å². The molecular weight excluding hydrogens is 398 g/mol. The van der Waals surface area contributed by atoms with Gasteiger partial charge in [-0.1, -0.05) is 30.3 Å². The van der Waals surface area contributed by atoms with Crippen molar-refractivity contribution in [3.63, 3.8) is 0 Å². The molecule has 7 nitrogen and oxygen atoms in total. The molecule has 3 aromatic carbocycles. The predicted molar refractivity (Wildman–Crippen MR) is 114 cm³/mol. The summed E-state index contributed by atoms with van der Waals surface area (Å²) in [4.78, 5) is 37.3. The van der Waals surface area contributed by atoms with Crippen LogP contribution in [-0.2, 0) is 20.8 Å². The van der Waals surface area contributed by atoms with Crippen LogP contribution < -0.4 is 9.64 Å². The Bertz CT molecular complexity index is 1060. The van der Waals surface area contributed by atoms with E-state index in [4.69, 9.17) is 14.2 Å². The van der Waals surface area contributed by atoms with Crippen molar-refractivity contribution in [2.75, 3.05) is 19.1 Å². The average molecular weight is 419 g/mol. The van der Waals surface area contributed by atoms with Gasteiger partial charge in [0.2, 0.25) is 6.41 Å². The molecule has 0 saturated heterocycles. The van der Waals surface area contributed by atoms with Crippen LogP contribution >= 0.6 is 0 Å². The smallest absolute Gasteiger partial charge is 0.339 e. The highest BCUT2D eigenvalue weighted by atomic mass is 16.5. The molecule has 0 unspecified atom stereocenters. The van der Waals surface area contributed by atoms with Gasteiger partial charge >= 0.3 is 11.9 Å². The predicted octanol–water partition coefficient (Wildman–Crippen LogP) is 4.22. The van der Waals surface area contributed by atoms with Crippen LogP contribution in [0.3, 0.4) is 0 Å². The van der Waals surface area contributed by atoms with Gasteiger partial charge < -0.3 is 19.1 Å². The Morgan fingerprint density at radius 3 is 2.10 bits per heavy atom. The van der Waals surface area contributed by atoms with Gasteiger partial charge in [-0.25, -0.2) is 9.59 Å². The molecule has 7 heteroatoms. The first-order valence-electron chi connectivity index (χ1n) is 9.40. The summed E-state index contributed by atoms with van der Waals surface area (Å²) in [7, 11) is 2.50. The molecule has 0 heterocycles. The van der Waals surface area contributed by atoms with E-state index in [-0.39, 0.29) is 23.4 Å². The Hall–Kier alpha value is -4.13. The number of hydrogen-bond acceptors (Lipinski definition) is 6. The summed E-state index contributed by atoms with van der Waals surface area (Å²) >= 11 is 0. The lowest BCUT2D eigenvalue weighted by molar-refractivity contribution is -0.107. The van der Waals surface area contributed by atoms with Gasteiger partial charge in [0.05, 0.1) is 37.6 Å². The fourth-order valence-electron chi connectivity index (χ4n) is 2.96. The Balaban J connectivity index is 1.85. The third kappa shape index (κ3) is 5.27. The first-order valence-corrected chi connectivity index (χ1v) is 9.40. The number of anilines is 1. The van der Waals surface area contributed by atoms with E-state index in [0.717, 1.165) is 5.56 Å². The van der Waals surface area contributed by atoms with Gasteiger partial charge in [-0.15, -0.1) is 0 Å². The van der Waals surface area contributed by atoms with Gasteiger partial charge in [-0.05, 0) is 48.0 Å². The highest BCUT2D eigenvalue weighted by Gasteiger charge is 2.20.